The molecule has 1 aliphatic heterocycles. The van der Waals surface area contributed by atoms with Gasteiger partial charge in [0.15, 0.2) is 0 Å². The molecule has 2 aromatic heterocycles. The molecule has 1 fully saturated rings. The maximum atomic E-state index is 4.71. The van der Waals surface area contributed by atoms with Crippen LogP contribution in [-0.4, -0.2) is 28.0 Å². The van der Waals surface area contributed by atoms with Gasteiger partial charge < -0.3 is 9.88 Å². The van der Waals surface area contributed by atoms with Gasteiger partial charge in [-0.25, -0.2) is 9.97 Å². The molecule has 1 aromatic carbocycles. The summed E-state index contributed by atoms with van der Waals surface area (Å²) in [7, 11) is 0. The van der Waals surface area contributed by atoms with Gasteiger partial charge >= 0.3 is 0 Å². The monoisotopic (exact) mass is 284 g/mol. The van der Waals surface area contributed by atoms with Gasteiger partial charge in [-0.3, -0.25) is 0 Å². The SMILES string of the molecule is c1csc(-c2ccc3nc(N4CCCCC4)[nH]c3c2)n1. The molecule has 0 amide bonds. The quantitative estimate of drug-likeness (QED) is 0.781. The van der Waals surface area contributed by atoms with E-state index < -0.39 is 0 Å². The van der Waals surface area contributed by atoms with Crippen molar-refractivity contribution < 1.29 is 0 Å². The molecule has 0 bridgehead atoms. The van der Waals surface area contributed by atoms with E-state index in [1.807, 2.05) is 11.6 Å². The summed E-state index contributed by atoms with van der Waals surface area (Å²) in [5.41, 5.74) is 3.28. The minimum Gasteiger partial charge on any atom is -0.342 e. The molecule has 3 heterocycles. The molecule has 3 aromatic rings. The molecule has 1 aliphatic rings. The van der Waals surface area contributed by atoms with Crippen molar-refractivity contribution in [1.29, 1.82) is 0 Å². The lowest BCUT2D eigenvalue weighted by molar-refractivity contribution is 0.570. The van der Waals surface area contributed by atoms with Gasteiger partial charge in [0, 0.05) is 30.2 Å². The average Bonchev–Trinajstić information content (AvgIpc) is 3.16. The summed E-state index contributed by atoms with van der Waals surface area (Å²) >= 11 is 1.66. The summed E-state index contributed by atoms with van der Waals surface area (Å²) in [5, 5.41) is 3.06. The number of piperidine rings is 1. The number of hydrogen-bond acceptors (Lipinski definition) is 4. The molecule has 4 rings (SSSR count). The van der Waals surface area contributed by atoms with Crippen LogP contribution in [0, 0.1) is 0 Å². The Morgan fingerprint density at radius 2 is 2.05 bits per heavy atom. The molecule has 0 radical (unpaired) electrons. The fraction of sp³-hybridized carbons (Fsp3) is 0.333. The van der Waals surface area contributed by atoms with E-state index in [9.17, 15) is 0 Å². The standard InChI is InChI=1S/C15H16N4S/c1-2-7-19(8-3-1)15-17-12-5-4-11(10-13(12)18-15)14-16-6-9-20-14/h4-6,9-10H,1-3,7-8H2,(H,17,18). The van der Waals surface area contributed by atoms with Gasteiger partial charge in [0.1, 0.15) is 5.01 Å². The lowest BCUT2D eigenvalue weighted by atomic mass is 10.1. The third-order valence-corrected chi connectivity index (χ3v) is 4.63. The Balaban J connectivity index is 1.72. The van der Waals surface area contributed by atoms with Crippen LogP contribution in [-0.2, 0) is 0 Å². The molecule has 1 saturated heterocycles. The van der Waals surface area contributed by atoms with Gasteiger partial charge in [-0.15, -0.1) is 11.3 Å². The van der Waals surface area contributed by atoms with Crippen LogP contribution in [0.1, 0.15) is 19.3 Å². The number of nitrogens with one attached hydrogen (secondary N) is 1. The third kappa shape index (κ3) is 2.08. The highest BCUT2D eigenvalue weighted by Crippen LogP contribution is 2.27. The summed E-state index contributed by atoms with van der Waals surface area (Å²) in [4.78, 5) is 14.9. The Bertz CT molecular complexity index is 711. The zero-order chi connectivity index (χ0) is 13.4. The number of nitrogens with zero attached hydrogens (tertiary/aromatic N) is 3. The van der Waals surface area contributed by atoms with Crippen LogP contribution >= 0.6 is 11.3 Å². The minimum absolute atomic E-state index is 1.01. The summed E-state index contributed by atoms with van der Waals surface area (Å²) in [6, 6.07) is 6.33. The number of H-pyrrole nitrogens is 1. The van der Waals surface area contributed by atoms with E-state index in [1.165, 1.54) is 19.3 Å². The zero-order valence-electron chi connectivity index (χ0n) is 11.2. The first-order chi connectivity index (χ1) is 9.90. The second-order valence-corrected chi connectivity index (χ2v) is 6.07. The highest BCUT2D eigenvalue weighted by atomic mass is 32.1. The number of anilines is 1. The smallest absolute Gasteiger partial charge is 0.203 e. The number of thiazole rings is 1. The fourth-order valence-electron chi connectivity index (χ4n) is 2.75. The molecule has 4 nitrogen and oxygen atoms in total. The molecule has 0 spiro atoms. The largest absolute Gasteiger partial charge is 0.342 e. The van der Waals surface area contributed by atoms with Gasteiger partial charge in [-0.1, -0.05) is 0 Å². The Labute approximate surface area is 121 Å². The van der Waals surface area contributed by atoms with Crippen molar-refractivity contribution in [2.75, 3.05) is 18.0 Å². The van der Waals surface area contributed by atoms with E-state index in [1.54, 1.807) is 11.3 Å². The van der Waals surface area contributed by atoms with Crippen LogP contribution in [0.5, 0.6) is 0 Å². The number of imidazole rings is 1. The average molecular weight is 284 g/mol. The molecule has 0 aliphatic carbocycles. The van der Waals surface area contributed by atoms with Crippen molar-refractivity contribution in [2.45, 2.75) is 19.3 Å². The van der Waals surface area contributed by atoms with Crippen LogP contribution in [0.25, 0.3) is 21.6 Å². The van der Waals surface area contributed by atoms with Crippen molar-refractivity contribution in [1.82, 2.24) is 15.0 Å². The normalized spacial score (nSPS) is 15.9. The molecular formula is C15H16N4S. The third-order valence-electron chi connectivity index (χ3n) is 3.80. The van der Waals surface area contributed by atoms with Gasteiger partial charge in [0.05, 0.1) is 11.0 Å². The number of aromatic nitrogens is 3. The highest BCUT2D eigenvalue weighted by molar-refractivity contribution is 7.13. The second-order valence-electron chi connectivity index (χ2n) is 5.18. The molecule has 102 valence electrons. The van der Waals surface area contributed by atoms with Crippen molar-refractivity contribution in [2.24, 2.45) is 0 Å². The van der Waals surface area contributed by atoms with Gasteiger partial charge in [0.25, 0.3) is 0 Å². The Morgan fingerprint density at radius 3 is 2.85 bits per heavy atom. The summed E-state index contributed by atoms with van der Waals surface area (Å²) in [6.45, 7) is 2.22. The maximum Gasteiger partial charge on any atom is 0.203 e. The Kier molecular flexibility index (Phi) is 2.92. The van der Waals surface area contributed by atoms with E-state index in [-0.39, 0.29) is 0 Å². The molecule has 0 unspecified atom stereocenters. The molecule has 0 saturated carbocycles. The number of hydrogen-bond donors (Lipinski definition) is 1. The summed E-state index contributed by atoms with van der Waals surface area (Å²) < 4.78 is 0. The molecular weight excluding hydrogens is 268 g/mol. The van der Waals surface area contributed by atoms with Gasteiger partial charge in [-0.05, 0) is 37.5 Å². The minimum atomic E-state index is 1.01. The fourth-order valence-corrected chi connectivity index (χ4v) is 3.39. The first-order valence-corrected chi connectivity index (χ1v) is 7.93. The van der Waals surface area contributed by atoms with Crippen LogP contribution in [0.2, 0.25) is 0 Å². The summed E-state index contributed by atoms with van der Waals surface area (Å²) in [6.07, 6.45) is 5.71. The number of benzene rings is 1. The van der Waals surface area contributed by atoms with Crippen LogP contribution in [0.4, 0.5) is 5.95 Å². The van der Waals surface area contributed by atoms with Crippen molar-refractivity contribution >= 4 is 28.3 Å². The van der Waals surface area contributed by atoms with E-state index in [2.05, 4.69) is 33.1 Å². The van der Waals surface area contributed by atoms with Crippen molar-refractivity contribution in [3.8, 4) is 10.6 Å². The van der Waals surface area contributed by atoms with Crippen LogP contribution < -0.4 is 4.90 Å². The van der Waals surface area contributed by atoms with Crippen LogP contribution in [0.15, 0.2) is 29.8 Å². The number of fused-ring (bicyclic) bond motifs is 1. The predicted octanol–water partition coefficient (Wildman–Crippen LogP) is 3.68. The zero-order valence-corrected chi connectivity index (χ0v) is 12.0. The molecule has 1 N–H and O–H groups in total. The lowest BCUT2D eigenvalue weighted by Crippen LogP contribution is -2.30. The highest BCUT2D eigenvalue weighted by Gasteiger charge is 2.14. The molecule has 20 heavy (non-hydrogen) atoms. The molecule has 0 atom stereocenters. The van der Waals surface area contributed by atoms with E-state index in [0.717, 1.165) is 40.6 Å². The van der Waals surface area contributed by atoms with Gasteiger partial charge in [-0.2, -0.15) is 0 Å². The number of aromatic amines is 1. The lowest BCUT2D eigenvalue weighted by Gasteiger charge is -2.25. The van der Waals surface area contributed by atoms with E-state index >= 15 is 0 Å². The van der Waals surface area contributed by atoms with Crippen molar-refractivity contribution in [3.63, 3.8) is 0 Å². The topological polar surface area (TPSA) is 44.8 Å². The van der Waals surface area contributed by atoms with E-state index in [4.69, 9.17) is 4.98 Å². The van der Waals surface area contributed by atoms with Crippen molar-refractivity contribution in [3.05, 3.63) is 29.8 Å². The predicted molar refractivity (Wildman–Crippen MR) is 83.3 cm³/mol. The van der Waals surface area contributed by atoms with E-state index in [0.29, 0.717) is 0 Å². The second kappa shape index (κ2) is 4.90. The molecule has 5 heteroatoms. The summed E-state index contributed by atoms with van der Waals surface area (Å²) in [5.74, 6) is 1.01. The Hall–Kier alpha value is -1.88. The number of rotatable bonds is 2. The van der Waals surface area contributed by atoms with Gasteiger partial charge in [0.2, 0.25) is 5.95 Å². The first kappa shape index (κ1) is 11.9. The van der Waals surface area contributed by atoms with Crippen LogP contribution in [0.3, 0.4) is 0 Å². The first-order valence-electron chi connectivity index (χ1n) is 7.05. The maximum absolute atomic E-state index is 4.71. The Morgan fingerprint density at radius 1 is 1.15 bits per heavy atom.